The van der Waals surface area contributed by atoms with Crippen LogP contribution in [-0.2, 0) is 0 Å². The average Bonchev–Trinajstić information content (AvgIpc) is 3.16. The van der Waals surface area contributed by atoms with E-state index in [4.69, 9.17) is 4.74 Å². The van der Waals surface area contributed by atoms with Gasteiger partial charge in [0.15, 0.2) is 5.75 Å². The normalized spacial score (nSPS) is 22.5. The smallest absolute Gasteiger partial charge is 0.311 e. The van der Waals surface area contributed by atoms with E-state index in [1.54, 1.807) is 18.2 Å². The third-order valence-electron chi connectivity index (χ3n) is 5.33. The van der Waals surface area contributed by atoms with Crippen LogP contribution in [0.3, 0.4) is 0 Å². The van der Waals surface area contributed by atoms with Crippen LogP contribution >= 0.6 is 0 Å². The van der Waals surface area contributed by atoms with Gasteiger partial charge in [0.1, 0.15) is 5.69 Å². The number of anilines is 1. The first-order valence-corrected chi connectivity index (χ1v) is 8.54. The van der Waals surface area contributed by atoms with Gasteiger partial charge in [0, 0.05) is 18.1 Å². The van der Waals surface area contributed by atoms with Crippen molar-refractivity contribution in [2.75, 3.05) is 12.4 Å². The zero-order valence-electron chi connectivity index (χ0n) is 14.5. The molecule has 0 fully saturated rings. The van der Waals surface area contributed by atoms with E-state index in [0.29, 0.717) is 11.3 Å². The maximum Gasteiger partial charge on any atom is 0.311 e. The number of hydrogen-bond donors (Lipinski definition) is 1. The van der Waals surface area contributed by atoms with Crippen molar-refractivity contribution in [3.05, 3.63) is 79.9 Å². The highest BCUT2D eigenvalue weighted by atomic mass is 16.6. The highest BCUT2D eigenvalue weighted by Gasteiger charge is 2.40. The number of nitro groups is 2. The minimum Gasteiger partial charge on any atom is -0.490 e. The summed E-state index contributed by atoms with van der Waals surface area (Å²) in [6, 6.07) is 9.63. The highest BCUT2D eigenvalue weighted by Crippen LogP contribution is 2.52. The second-order valence-corrected chi connectivity index (χ2v) is 6.66. The molecule has 0 radical (unpaired) electrons. The van der Waals surface area contributed by atoms with E-state index in [2.05, 4.69) is 17.5 Å². The molecule has 2 aliphatic rings. The molecule has 138 valence electrons. The number of nitrogens with zero attached hydrogens (tertiary/aromatic N) is 2. The summed E-state index contributed by atoms with van der Waals surface area (Å²) in [5.41, 5.74) is 1.98. The van der Waals surface area contributed by atoms with E-state index in [9.17, 15) is 20.2 Å². The molecule has 0 aromatic heterocycles. The number of nitro benzene ring substituents is 2. The summed E-state index contributed by atoms with van der Waals surface area (Å²) in [4.78, 5) is 22.0. The van der Waals surface area contributed by atoms with Crippen LogP contribution in [0.15, 0.2) is 48.6 Å². The summed E-state index contributed by atoms with van der Waals surface area (Å²) in [6.07, 6.45) is 4.93. The maximum absolute atomic E-state index is 11.5. The van der Waals surface area contributed by atoms with Crippen LogP contribution < -0.4 is 10.1 Å². The summed E-state index contributed by atoms with van der Waals surface area (Å²) in [5.74, 6) is 0.354. The summed E-state index contributed by atoms with van der Waals surface area (Å²) in [7, 11) is 1.39. The highest BCUT2D eigenvalue weighted by molar-refractivity contribution is 5.71. The SMILES string of the molecule is COc1ccc([C@@H]2Nc3c(cccc3[N+](=O)[O-])[C@@H]3C=CC[C@@H]32)cc1[N+](=O)[O-]. The molecule has 2 aromatic carbocycles. The molecule has 27 heavy (non-hydrogen) atoms. The van der Waals surface area contributed by atoms with Crippen molar-refractivity contribution in [2.24, 2.45) is 5.92 Å². The first kappa shape index (κ1) is 17.0. The molecule has 1 N–H and O–H groups in total. The Balaban J connectivity index is 1.83. The fourth-order valence-corrected chi connectivity index (χ4v) is 4.13. The largest absolute Gasteiger partial charge is 0.490 e. The van der Waals surface area contributed by atoms with Gasteiger partial charge in [-0.1, -0.05) is 30.4 Å². The molecular formula is C19H17N3O5. The van der Waals surface area contributed by atoms with E-state index in [1.165, 1.54) is 19.2 Å². The van der Waals surface area contributed by atoms with E-state index in [0.717, 1.165) is 12.0 Å². The van der Waals surface area contributed by atoms with E-state index in [-0.39, 0.29) is 35.0 Å². The lowest BCUT2D eigenvalue weighted by atomic mass is 9.76. The Morgan fingerprint density at radius 3 is 2.59 bits per heavy atom. The average molecular weight is 367 g/mol. The number of allylic oxidation sites excluding steroid dienone is 2. The van der Waals surface area contributed by atoms with Gasteiger partial charge in [-0.25, -0.2) is 0 Å². The Morgan fingerprint density at radius 1 is 1.11 bits per heavy atom. The maximum atomic E-state index is 11.5. The van der Waals surface area contributed by atoms with Gasteiger partial charge in [-0.05, 0) is 29.5 Å². The molecule has 0 spiro atoms. The number of hydrogen-bond acceptors (Lipinski definition) is 6. The summed E-state index contributed by atoms with van der Waals surface area (Å²) in [6.45, 7) is 0. The van der Waals surface area contributed by atoms with Crippen LogP contribution in [0, 0.1) is 26.1 Å². The third-order valence-corrected chi connectivity index (χ3v) is 5.33. The number of nitrogens with one attached hydrogen (secondary N) is 1. The molecule has 0 saturated heterocycles. The molecule has 8 heteroatoms. The topological polar surface area (TPSA) is 108 Å². The van der Waals surface area contributed by atoms with Crippen molar-refractivity contribution < 1.29 is 14.6 Å². The molecule has 1 aliphatic carbocycles. The van der Waals surface area contributed by atoms with Crippen molar-refractivity contribution in [2.45, 2.75) is 18.4 Å². The molecule has 1 aliphatic heterocycles. The van der Waals surface area contributed by atoms with Gasteiger partial charge in [-0.3, -0.25) is 20.2 Å². The summed E-state index contributed by atoms with van der Waals surface area (Å²) >= 11 is 0. The van der Waals surface area contributed by atoms with E-state index in [1.807, 2.05) is 6.07 Å². The van der Waals surface area contributed by atoms with Gasteiger partial charge in [0.25, 0.3) is 5.69 Å². The number of fused-ring (bicyclic) bond motifs is 3. The van der Waals surface area contributed by atoms with Gasteiger partial charge in [0.2, 0.25) is 0 Å². The molecule has 3 atom stereocenters. The van der Waals surface area contributed by atoms with E-state index >= 15 is 0 Å². The van der Waals surface area contributed by atoms with Crippen LogP contribution in [-0.4, -0.2) is 17.0 Å². The predicted octanol–water partition coefficient (Wildman–Crippen LogP) is 4.34. The van der Waals surface area contributed by atoms with E-state index < -0.39 is 9.85 Å². The quantitative estimate of drug-likeness (QED) is 0.489. The first-order chi connectivity index (χ1) is 13.0. The number of para-hydroxylation sites is 1. The van der Waals surface area contributed by atoms with Crippen LogP contribution in [0.25, 0.3) is 0 Å². The van der Waals surface area contributed by atoms with Crippen LogP contribution in [0.1, 0.15) is 29.5 Å². The fourth-order valence-electron chi connectivity index (χ4n) is 4.13. The molecular weight excluding hydrogens is 350 g/mol. The monoisotopic (exact) mass is 367 g/mol. The number of benzene rings is 2. The zero-order chi connectivity index (χ0) is 19.1. The third kappa shape index (κ3) is 2.69. The summed E-state index contributed by atoms with van der Waals surface area (Å²) in [5, 5.41) is 26.2. The van der Waals surface area contributed by atoms with Crippen molar-refractivity contribution >= 4 is 17.1 Å². The standard InChI is InChI=1S/C19H17N3O5/c1-27-17-9-8-11(10-16(17)22(25)26)18-13-5-2-4-12(13)14-6-3-7-15(21(23)24)19(14)20-18/h2-4,6-10,12-13,18,20H,5H2,1H3/t12-,13+,18+/m1/s1. The van der Waals surface area contributed by atoms with Crippen molar-refractivity contribution in [3.63, 3.8) is 0 Å². The van der Waals surface area contributed by atoms with Crippen LogP contribution in [0.2, 0.25) is 0 Å². The Labute approximate surface area is 154 Å². The minimum absolute atomic E-state index is 0.0132. The number of ether oxygens (including phenoxy) is 1. The second-order valence-electron chi connectivity index (χ2n) is 6.66. The predicted molar refractivity (Wildman–Crippen MR) is 99.1 cm³/mol. The Bertz CT molecular complexity index is 972. The Kier molecular flexibility index (Phi) is 4.02. The van der Waals surface area contributed by atoms with Gasteiger partial charge < -0.3 is 10.1 Å². The van der Waals surface area contributed by atoms with Gasteiger partial charge in [0.05, 0.1) is 23.0 Å². The summed E-state index contributed by atoms with van der Waals surface area (Å²) < 4.78 is 5.08. The van der Waals surface area contributed by atoms with Crippen LogP contribution in [0.4, 0.5) is 17.1 Å². The molecule has 4 rings (SSSR count). The minimum atomic E-state index is -0.480. The van der Waals surface area contributed by atoms with Crippen molar-refractivity contribution in [3.8, 4) is 5.75 Å². The molecule has 0 bridgehead atoms. The number of rotatable bonds is 4. The van der Waals surface area contributed by atoms with Gasteiger partial charge in [-0.15, -0.1) is 0 Å². The molecule has 8 nitrogen and oxygen atoms in total. The molecule has 2 aromatic rings. The van der Waals surface area contributed by atoms with Crippen molar-refractivity contribution in [1.82, 2.24) is 0 Å². The fraction of sp³-hybridized carbons (Fsp3) is 0.263. The molecule has 1 heterocycles. The first-order valence-electron chi connectivity index (χ1n) is 8.54. The zero-order valence-corrected chi connectivity index (χ0v) is 14.5. The number of methoxy groups -OCH3 is 1. The second kappa shape index (κ2) is 6.39. The Hall–Kier alpha value is -3.42. The van der Waals surface area contributed by atoms with Gasteiger partial charge >= 0.3 is 5.69 Å². The molecule has 0 unspecified atom stereocenters. The van der Waals surface area contributed by atoms with Gasteiger partial charge in [-0.2, -0.15) is 0 Å². The lowest BCUT2D eigenvalue weighted by Gasteiger charge is -2.37. The Morgan fingerprint density at radius 2 is 1.89 bits per heavy atom. The molecule has 0 amide bonds. The molecule has 0 saturated carbocycles. The lowest BCUT2D eigenvalue weighted by molar-refractivity contribution is -0.385. The lowest BCUT2D eigenvalue weighted by Crippen LogP contribution is -2.29. The van der Waals surface area contributed by atoms with Crippen molar-refractivity contribution in [1.29, 1.82) is 0 Å². The van der Waals surface area contributed by atoms with Crippen LogP contribution in [0.5, 0.6) is 5.75 Å².